The zero-order valence-electron chi connectivity index (χ0n) is 14.7. The molecule has 2 aromatic rings. The van der Waals surface area contributed by atoms with Gasteiger partial charge in [-0.05, 0) is 35.7 Å². The molecule has 2 aromatic carbocycles. The van der Waals surface area contributed by atoms with Crippen molar-refractivity contribution in [2.45, 2.75) is 19.8 Å². The number of hydrogen-bond donors (Lipinski definition) is 2. The van der Waals surface area contributed by atoms with Gasteiger partial charge >= 0.3 is 0 Å². The van der Waals surface area contributed by atoms with Crippen LogP contribution in [0.5, 0.6) is 0 Å². The lowest BCUT2D eigenvalue weighted by molar-refractivity contribution is -0.126. The molecule has 2 N–H and O–H groups in total. The van der Waals surface area contributed by atoms with Crippen LogP contribution in [0, 0.1) is 23.4 Å². The van der Waals surface area contributed by atoms with Crippen LogP contribution in [-0.4, -0.2) is 18.4 Å². The minimum atomic E-state index is -1.68. The number of carbonyl (C=O) groups is 2. The summed E-state index contributed by atoms with van der Waals surface area (Å²) in [6.07, 6.45) is 0. The average Bonchev–Trinajstić information content (AvgIpc) is 2.62. The Balaban J connectivity index is 2.01. The fraction of sp³-hybridized carbons (Fsp3) is 0.263. The predicted octanol–water partition coefficient (Wildman–Crippen LogP) is 4.25. The van der Waals surface area contributed by atoms with Crippen LogP contribution in [0.25, 0.3) is 0 Å². The Labute approximate surface area is 159 Å². The number of anilines is 1. The maximum absolute atomic E-state index is 13.6. The van der Waals surface area contributed by atoms with Crippen LogP contribution >= 0.6 is 11.6 Å². The maximum Gasteiger partial charge on any atom is 0.243 e. The number of hydrogen-bond acceptors (Lipinski definition) is 2. The summed E-state index contributed by atoms with van der Waals surface area (Å²) in [6, 6.07) is 8.38. The number of rotatable bonds is 6. The summed E-state index contributed by atoms with van der Waals surface area (Å²) < 4.78 is 39.7. The third kappa shape index (κ3) is 5.23. The van der Waals surface area contributed by atoms with Gasteiger partial charge in [-0.1, -0.05) is 37.6 Å². The van der Waals surface area contributed by atoms with E-state index < -0.39 is 47.4 Å². The van der Waals surface area contributed by atoms with E-state index in [0.29, 0.717) is 11.1 Å². The lowest BCUT2D eigenvalue weighted by Crippen LogP contribution is -2.37. The third-order valence-electron chi connectivity index (χ3n) is 3.91. The summed E-state index contributed by atoms with van der Waals surface area (Å²) in [5.41, 5.74) is 0.227. The average molecular weight is 399 g/mol. The van der Waals surface area contributed by atoms with E-state index in [0.717, 1.165) is 11.6 Å². The van der Waals surface area contributed by atoms with Crippen LogP contribution in [-0.2, 0) is 9.59 Å². The van der Waals surface area contributed by atoms with E-state index in [1.165, 1.54) is 0 Å². The molecule has 0 aliphatic heterocycles. The van der Waals surface area contributed by atoms with E-state index in [9.17, 15) is 22.8 Å². The predicted molar refractivity (Wildman–Crippen MR) is 97.0 cm³/mol. The van der Waals surface area contributed by atoms with Crippen LogP contribution in [0.4, 0.5) is 18.9 Å². The lowest BCUT2D eigenvalue weighted by atomic mass is 9.87. The highest BCUT2D eigenvalue weighted by atomic mass is 35.5. The van der Waals surface area contributed by atoms with E-state index in [1.807, 2.05) is 13.8 Å². The first-order valence-electron chi connectivity index (χ1n) is 8.17. The summed E-state index contributed by atoms with van der Waals surface area (Å²) >= 11 is 5.85. The molecule has 0 bridgehead atoms. The Kier molecular flexibility index (Phi) is 6.85. The van der Waals surface area contributed by atoms with Gasteiger partial charge in [0, 0.05) is 5.02 Å². The molecule has 0 aliphatic carbocycles. The van der Waals surface area contributed by atoms with Crippen LogP contribution in [0.15, 0.2) is 36.4 Å². The van der Waals surface area contributed by atoms with Gasteiger partial charge in [0.2, 0.25) is 11.8 Å². The van der Waals surface area contributed by atoms with Gasteiger partial charge in [0.1, 0.15) is 0 Å². The molecule has 8 heteroatoms. The van der Waals surface area contributed by atoms with Crippen LogP contribution < -0.4 is 10.6 Å². The van der Waals surface area contributed by atoms with Gasteiger partial charge in [0.05, 0.1) is 18.2 Å². The van der Waals surface area contributed by atoms with Crippen molar-refractivity contribution in [3.63, 3.8) is 0 Å². The summed E-state index contributed by atoms with van der Waals surface area (Å²) in [6.45, 7) is 3.26. The smallest absolute Gasteiger partial charge is 0.243 e. The molecule has 0 unspecified atom stereocenters. The Morgan fingerprint density at radius 2 is 1.63 bits per heavy atom. The molecule has 4 nitrogen and oxygen atoms in total. The summed E-state index contributed by atoms with van der Waals surface area (Å²) in [5.74, 6) is -6.29. The Hall–Kier alpha value is -2.54. The molecule has 0 fully saturated rings. The molecule has 0 heterocycles. The second kappa shape index (κ2) is 8.90. The standard InChI is InChI=1S/C19H18ClF3N2O2/c1-10(2)16(11-3-5-12(20)6-4-11)19(27)24-9-15(26)25-14-8-7-13(21)17(22)18(14)23/h3-8,10,16H,9H2,1-2H3,(H,24,27)(H,25,26)/t16-/m0/s1. The minimum Gasteiger partial charge on any atom is -0.346 e. The number of halogens is 4. The zero-order valence-corrected chi connectivity index (χ0v) is 15.4. The van der Waals surface area contributed by atoms with Gasteiger partial charge in [-0.25, -0.2) is 13.2 Å². The fourth-order valence-corrected chi connectivity index (χ4v) is 2.73. The van der Waals surface area contributed by atoms with E-state index in [2.05, 4.69) is 10.6 Å². The highest BCUT2D eigenvalue weighted by Crippen LogP contribution is 2.26. The Morgan fingerprint density at radius 3 is 2.22 bits per heavy atom. The largest absolute Gasteiger partial charge is 0.346 e. The molecule has 0 aliphatic rings. The maximum atomic E-state index is 13.6. The topological polar surface area (TPSA) is 58.2 Å². The SMILES string of the molecule is CC(C)[C@H](C(=O)NCC(=O)Nc1ccc(F)c(F)c1F)c1ccc(Cl)cc1. The zero-order chi connectivity index (χ0) is 20.1. The van der Waals surface area contributed by atoms with Crippen molar-refractivity contribution in [1.82, 2.24) is 5.32 Å². The van der Waals surface area contributed by atoms with Gasteiger partial charge < -0.3 is 10.6 Å². The molecule has 0 radical (unpaired) electrons. The van der Waals surface area contributed by atoms with Gasteiger partial charge in [0.25, 0.3) is 0 Å². The number of amides is 2. The molecule has 2 amide bonds. The molecule has 27 heavy (non-hydrogen) atoms. The van der Waals surface area contributed by atoms with Gasteiger partial charge in [0.15, 0.2) is 17.5 Å². The Morgan fingerprint density at radius 1 is 1.00 bits per heavy atom. The normalized spacial score (nSPS) is 12.0. The first kappa shape index (κ1) is 20.8. The van der Waals surface area contributed by atoms with Crippen molar-refractivity contribution in [3.8, 4) is 0 Å². The van der Waals surface area contributed by atoms with Crippen molar-refractivity contribution in [3.05, 3.63) is 64.4 Å². The highest BCUT2D eigenvalue weighted by Gasteiger charge is 2.24. The number of carbonyl (C=O) groups excluding carboxylic acids is 2. The lowest BCUT2D eigenvalue weighted by Gasteiger charge is -2.20. The third-order valence-corrected chi connectivity index (χ3v) is 4.16. The van der Waals surface area contributed by atoms with Crippen LogP contribution in [0.3, 0.4) is 0 Å². The summed E-state index contributed by atoms with van der Waals surface area (Å²) in [4.78, 5) is 24.4. The second-order valence-electron chi connectivity index (χ2n) is 6.26. The molecule has 0 spiro atoms. The van der Waals surface area contributed by atoms with E-state index in [4.69, 9.17) is 11.6 Å². The molecular weight excluding hydrogens is 381 g/mol. The van der Waals surface area contributed by atoms with Crippen LogP contribution in [0.1, 0.15) is 25.3 Å². The van der Waals surface area contributed by atoms with E-state index in [1.54, 1.807) is 24.3 Å². The van der Waals surface area contributed by atoms with Gasteiger partial charge in [-0.2, -0.15) is 0 Å². The molecule has 144 valence electrons. The van der Waals surface area contributed by atoms with Crippen molar-refractivity contribution in [2.24, 2.45) is 5.92 Å². The molecule has 2 rings (SSSR count). The van der Waals surface area contributed by atoms with Crippen molar-refractivity contribution in [1.29, 1.82) is 0 Å². The highest BCUT2D eigenvalue weighted by molar-refractivity contribution is 6.30. The molecule has 1 atom stereocenters. The first-order valence-corrected chi connectivity index (χ1v) is 8.55. The fourth-order valence-electron chi connectivity index (χ4n) is 2.60. The molecule has 0 saturated heterocycles. The van der Waals surface area contributed by atoms with Crippen molar-refractivity contribution < 1.29 is 22.8 Å². The van der Waals surface area contributed by atoms with E-state index in [-0.39, 0.29) is 5.92 Å². The minimum absolute atomic E-state index is 0.0575. The second-order valence-corrected chi connectivity index (χ2v) is 6.70. The van der Waals surface area contributed by atoms with Crippen molar-refractivity contribution >= 4 is 29.1 Å². The summed E-state index contributed by atoms with van der Waals surface area (Å²) in [7, 11) is 0. The first-order chi connectivity index (χ1) is 12.7. The number of benzene rings is 2. The van der Waals surface area contributed by atoms with Gasteiger partial charge in [-0.3, -0.25) is 9.59 Å². The Bertz CT molecular complexity index is 842. The van der Waals surface area contributed by atoms with Crippen LogP contribution in [0.2, 0.25) is 5.02 Å². The van der Waals surface area contributed by atoms with Crippen molar-refractivity contribution in [2.75, 3.05) is 11.9 Å². The molecule has 0 aromatic heterocycles. The number of nitrogens with one attached hydrogen (secondary N) is 2. The molecule has 0 saturated carbocycles. The molecular formula is C19H18ClF3N2O2. The van der Waals surface area contributed by atoms with Gasteiger partial charge in [-0.15, -0.1) is 0 Å². The summed E-state index contributed by atoms with van der Waals surface area (Å²) in [5, 5.41) is 5.10. The quantitative estimate of drug-likeness (QED) is 0.714. The monoisotopic (exact) mass is 398 g/mol. The van der Waals surface area contributed by atoms with E-state index >= 15 is 0 Å².